The molecule has 0 N–H and O–H groups in total. The molecule has 1 saturated heterocycles. The Morgan fingerprint density at radius 3 is 2.30 bits per heavy atom. The molecule has 3 rings (SSSR count). The van der Waals surface area contributed by atoms with Crippen LogP contribution in [0.1, 0.15) is 27.0 Å². The van der Waals surface area contributed by atoms with E-state index in [0.29, 0.717) is 4.88 Å². The molecule has 0 unspecified atom stereocenters. The number of carbonyl (C=O) groups is 2. The number of aromatic nitrogens is 1. The van der Waals surface area contributed by atoms with Crippen LogP contribution in [0.2, 0.25) is 5.15 Å². The first-order chi connectivity index (χ1) is 11.1. The number of hydrogen-bond donors (Lipinski definition) is 0. The Hall–Kier alpha value is -1.92. The van der Waals surface area contributed by atoms with Crippen LogP contribution in [0.4, 0.5) is 10.8 Å². The maximum atomic E-state index is 11.3. The van der Waals surface area contributed by atoms with Crippen LogP contribution in [-0.4, -0.2) is 43.2 Å². The van der Waals surface area contributed by atoms with Crippen molar-refractivity contribution in [3.8, 4) is 0 Å². The number of halogens is 1. The quantitative estimate of drug-likeness (QED) is 0.627. The van der Waals surface area contributed by atoms with E-state index in [-0.39, 0.29) is 10.9 Å². The van der Waals surface area contributed by atoms with E-state index >= 15 is 0 Å². The zero-order valence-corrected chi connectivity index (χ0v) is 14.2. The molecule has 0 atom stereocenters. The van der Waals surface area contributed by atoms with Gasteiger partial charge in [-0.2, -0.15) is 0 Å². The van der Waals surface area contributed by atoms with E-state index in [1.807, 2.05) is 24.3 Å². The van der Waals surface area contributed by atoms with Gasteiger partial charge in [0.2, 0.25) is 0 Å². The molecule has 1 aromatic carbocycles. The lowest BCUT2D eigenvalue weighted by Crippen LogP contribution is -2.46. The van der Waals surface area contributed by atoms with Crippen molar-refractivity contribution in [2.45, 2.75) is 6.92 Å². The number of carbonyl (C=O) groups excluding carboxylic acids is 2. The first-order valence-electron chi connectivity index (χ1n) is 7.31. The summed E-state index contributed by atoms with van der Waals surface area (Å²) in [5, 5.41) is 1.07. The zero-order valence-electron chi connectivity index (χ0n) is 12.7. The SMILES string of the molecule is CC(=O)c1ccc(N2CCN(c3nc(Cl)c(C=O)s3)CC2)cc1. The highest BCUT2D eigenvalue weighted by Gasteiger charge is 2.21. The molecule has 2 aromatic rings. The van der Waals surface area contributed by atoms with Gasteiger partial charge in [-0.15, -0.1) is 0 Å². The normalized spacial score (nSPS) is 14.9. The number of anilines is 2. The first-order valence-corrected chi connectivity index (χ1v) is 8.50. The maximum Gasteiger partial charge on any atom is 0.187 e. The second-order valence-corrected chi connectivity index (χ2v) is 6.71. The average molecular weight is 350 g/mol. The fraction of sp³-hybridized carbons (Fsp3) is 0.312. The topological polar surface area (TPSA) is 53.5 Å². The molecule has 1 aliphatic rings. The summed E-state index contributed by atoms with van der Waals surface area (Å²) in [5.74, 6) is 0.0769. The van der Waals surface area contributed by atoms with Crippen molar-refractivity contribution in [3.05, 3.63) is 39.9 Å². The summed E-state index contributed by atoms with van der Waals surface area (Å²) in [4.78, 5) is 31.3. The predicted octanol–water partition coefficient (Wildman–Crippen LogP) is 3.14. The zero-order chi connectivity index (χ0) is 16.4. The molecule has 120 valence electrons. The van der Waals surface area contributed by atoms with Gasteiger partial charge in [0, 0.05) is 37.4 Å². The minimum absolute atomic E-state index is 0.0769. The van der Waals surface area contributed by atoms with Crippen LogP contribution in [-0.2, 0) is 0 Å². The van der Waals surface area contributed by atoms with E-state index in [0.717, 1.165) is 48.8 Å². The summed E-state index contributed by atoms with van der Waals surface area (Å²) in [6, 6.07) is 7.69. The third-order valence-electron chi connectivity index (χ3n) is 3.89. The summed E-state index contributed by atoms with van der Waals surface area (Å²) in [6.07, 6.45) is 0.746. The van der Waals surface area contributed by atoms with Gasteiger partial charge in [0.05, 0.1) is 0 Å². The van der Waals surface area contributed by atoms with Gasteiger partial charge in [-0.25, -0.2) is 4.98 Å². The molecule has 5 nitrogen and oxygen atoms in total. The van der Waals surface area contributed by atoms with Crippen LogP contribution >= 0.6 is 22.9 Å². The Bertz CT molecular complexity index is 721. The fourth-order valence-electron chi connectivity index (χ4n) is 2.57. The molecule has 1 aliphatic heterocycles. The molecule has 23 heavy (non-hydrogen) atoms. The third kappa shape index (κ3) is 3.38. The largest absolute Gasteiger partial charge is 0.368 e. The van der Waals surface area contributed by atoms with Crippen LogP contribution < -0.4 is 9.80 Å². The average Bonchev–Trinajstić information content (AvgIpc) is 2.96. The van der Waals surface area contributed by atoms with Gasteiger partial charge in [-0.3, -0.25) is 9.59 Å². The van der Waals surface area contributed by atoms with Gasteiger partial charge >= 0.3 is 0 Å². The van der Waals surface area contributed by atoms with Gasteiger partial charge in [0.15, 0.2) is 22.4 Å². The molecule has 1 aromatic heterocycles. The van der Waals surface area contributed by atoms with E-state index in [9.17, 15) is 9.59 Å². The van der Waals surface area contributed by atoms with E-state index in [1.165, 1.54) is 11.3 Å². The molecular weight excluding hydrogens is 334 g/mol. The number of benzene rings is 1. The van der Waals surface area contributed by atoms with Crippen molar-refractivity contribution >= 4 is 45.8 Å². The molecule has 7 heteroatoms. The number of nitrogens with zero attached hydrogens (tertiary/aromatic N) is 3. The molecule has 0 saturated carbocycles. The van der Waals surface area contributed by atoms with E-state index < -0.39 is 0 Å². The van der Waals surface area contributed by atoms with Crippen molar-refractivity contribution in [1.29, 1.82) is 0 Å². The lowest BCUT2D eigenvalue weighted by atomic mass is 10.1. The Morgan fingerprint density at radius 2 is 1.78 bits per heavy atom. The number of piperazine rings is 1. The molecular formula is C16H16ClN3O2S. The van der Waals surface area contributed by atoms with Crippen LogP contribution in [0.15, 0.2) is 24.3 Å². The van der Waals surface area contributed by atoms with E-state index in [2.05, 4.69) is 14.8 Å². The third-order valence-corrected chi connectivity index (χ3v) is 5.34. The molecule has 0 bridgehead atoms. The molecule has 0 spiro atoms. The monoisotopic (exact) mass is 349 g/mol. The van der Waals surface area contributed by atoms with Gasteiger partial charge in [0.1, 0.15) is 4.88 Å². The number of rotatable bonds is 4. The van der Waals surface area contributed by atoms with Crippen molar-refractivity contribution in [3.63, 3.8) is 0 Å². The van der Waals surface area contributed by atoms with Gasteiger partial charge in [-0.05, 0) is 31.2 Å². The molecule has 0 radical (unpaired) electrons. The molecule has 0 amide bonds. The number of Topliss-reactive ketones (excluding diaryl/α,β-unsaturated/α-hetero) is 1. The summed E-state index contributed by atoms with van der Waals surface area (Å²) in [7, 11) is 0. The first kappa shape index (κ1) is 16.0. The van der Waals surface area contributed by atoms with Crippen LogP contribution in [0.3, 0.4) is 0 Å². The highest BCUT2D eigenvalue weighted by atomic mass is 35.5. The molecule has 0 aliphatic carbocycles. The van der Waals surface area contributed by atoms with Gasteiger partial charge in [-0.1, -0.05) is 22.9 Å². The lowest BCUT2D eigenvalue weighted by molar-refractivity contribution is 0.101. The fourth-order valence-corrected chi connectivity index (χ4v) is 3.69. The van der Waals surface area contributed by atoms with Crippen molar-refractivity contribution in [2.24, 2.45) is 0 Å². The van der Waals surface area contributed by atoms with Crippen molar-refractivity contribution in [1.82, 2.24) is 4.98 Å². The Kier molecular flexibility index (Phi) is 4.63. The second-order valence-electron chi connectivity index (χ2n) is 5.35. The Labute approximate surface area is 143 Å². The minimum Gasteiger partial charge on any atom is -0.368 e. The minimum atomic E-state index is 0.0769. The number of thiazole rings is 1. The van der Waals surface area contributed by atoms with Gasteiger partial charge in [0.25, 0.3) is 0 Å². The van der Waals surface area contributed by atoms with Gasteiger partial charge < -0.3 is 9.80 Å². The van der Waals surface area contributed by atoms with Crippen LogP contribution in [0, 0.1) is 0 Å². The van der Waals surface area contributed by atoms with Crippen LogP contribution in [0.25, 0.3) is 0 Å². The number of ketones is 1. The smallest absolute Gasteiger partial charge is 0.187 e. The standard InChI is InChI=1S/C16H16ClN3O2S/c1-11(22)12-2-4-13(5-3-12)19-6-8-20(9-7-19)16-18-15(17)14(10-21)23-16/h2-5,10H,6-9H2,1H3. The molecule has 2 heterocycles. The van der Waals surface area contributed by atoms with Crippen molar-refractivity contribution < 1.29 is 9.59 Å². The summed E-state index contributed by atoms with van der Waals surface area (Å²) < 4.78 is 0. The van der Waals surface area contributed by atoms with E-state index in [4.69, 9.17) is 11.6 Å². The van der Waals surface area contributed by atoms with Crippen LogP contribution in [0.5, 0.6) is 0 Å². The highest BCUT2D eigenvalue weighted by molar-refractivity contribution is 7.17. The summed E-state index contributed by atoms with van der Waals surface area (Å²) in [5.41, 5.74) is 1.84. The Balaban J connectivity index is 1.65. The Morgan fingerprint density at radius 1 is 1.17 bits per heavy atom. The van der Waals surface area contributed by atoms with Crippen molar-refractivity contribution in [2.75, 3.05) is 36.0 Å². The lowest BCUT2D eigenvalue weighted by Gasteiger charge is -2.36. The summed E-state index contributed by atoms with van der Waals surface area (Å²) in [6.45, 7) is 4.91. The second kappa shape index (κ2) is 6.68. The number of hydrogen-bond acceptors (Lipinski definition) is 6. The van der Waals surface area contributed by atoms with E-state index in [1.54, 1.807) is 6.92 Å². The highest BCUT2D eigenvalue weighted by Crippen LogP contribution is 2.29. The molecule has 1 fully saturated rings. The summed E-state index contributed by atoms with van der Waals surface area (Å²) >= 11 is 7.26. The maximum absolute atomic E-state index is 11.3. The number of aldehydes is 1. The predicted molar refractivity (Wildman–Crippen MR) is 93.4 cm³/mol.